The number of halogens is 3. The van der Waals surface area contributed by atoms with Gasteiger partial charge >= 0.3 is 29.6 Å². The Morgan fingerprint density at radius 1 is 1.03 bits per heavy atom. The summed E-state index contributed by atoms with van der Waals surface area (Å²) in [6.45, 7) is 2.64. The number of benzene rings is 2. The van der Waals surface area contributed by atoms with E-state index in [-0.39, 0.29) is 74.0 Å². The fraction of sp³-hybridized carbons (Fsp3) is 0.462. The van der Waals surface area contributed by atoms with Crippen molar-refractivity contribution in [1.82, 2.24) is 10.6 Å². The number of ether oxygens (including phenoxy) is 2. The van der Waals surface area contributed by atoms with Crippen molar-refractivity contribution in [2.75, 3.05) is 38.9 Å². The molecule has 11 heteroatoms. The van der Waals surface area contributed by atoms with E-state index >= 15 is 0 Å². The van der Waals surface area contributed by atoms with Gasteiger partial charge in [0, 0.05) is 23.3 Å². The number of alkyl halides is 1. The van der Waals surface area contributed by atoms with Crippen LogP contribution in [0.5, 0.6) is 0 Å². The third-order valence-corrected chi connectivity index (χ3v) is 5.99. The van der Waals surface area contributed by atoms with Crippen LogP contribution in [0.2, 0.25) is 10.0 Å². The third-order valence-electron chi connectivity index (χ3n) is 5.24. The van der Waals surface area contributed by atoms with Gasteiger partial charge < -0.3 is 26.6 Å². The summed E-state index contributed by atoms with van der Waals surface area (Å²) in [6.07, 6.45) is 3.89. The summed E-state index contributed by atoms with van der Waals surface area (Å²) >= 11 is 16.9. The van der Waals surface area contributed by atoms with Crippen LogP contribution in [0.4, 0.5) is 0 Å². The predicted molar refractivity (Wildman–Crippen MR) is 144 cm³/mol. The Morgan fingerprint density at radius 2 is 1.59 bits per heavy atom. The number of aliphatic hydroxyl groups excluding tert-OH is 1. The summed E-state index contributed by atoms with van der Waals surface area (Å²) in [5, 5.41) is 16.0. The quantitative estimate of drug-likeness (QED) is 0.333. The molecule has 0 spiro atoms. The molecule has 2 fully saturated rings. The van der Waals surface area contributed by atoms with Crippen molar-refractivity contribution in [3.05, 3.63) is 69.7 Å². The fourth-order valence-electron chi connectivity index (χ4n) is 3.46. The maximum absolute atomic E-state index is 11.1. The number of morpholine rings is 1. The maximum Gasteiger partial charge on any atom is 1.00 e. The smallest absolute Gasteiger partial charge is 1.00 e. The van der Waals surface area contributed by atoms with Gasteiger partial charge in [-0.05, 0) is 61.1 Å². The molecule has 0 bridgehead atoms. The van der Waals surface area contributed by atoms with Gasteiger partial charge in [-0.3, -0.25) is 9.59 Å². The van der Waals surface area contributed by atoms with Gasteiger partial charge in [0.2, 0.25) is 11.8 Å². The number of aliphatic hydroxyl groups is 1. The molecule has 3 N–H and O–H groups in total. The average Bonchev–Trinajstić information content (AvgIpc) is 3.47. The van der Waals surface area contributed by atoms with Crippen molar-refractivity contribution >= 4 is 46.6 Å². The first kappa shape index (κ1) is 34.2. The second-order valence-electron chi connectivity index (χ2n) is 8.34. The third kappa shape index (κ3) is 15.3. The van der Waals surface area contributed by atoms with Crippen LogP contribution in [0, 0.1) is 0 Å². The van der Waals surface area contributed by atoms with E-state index in [0.717, 1.165) is 35.8 Å². The Hall–Kier alpha value is -0.870. The number of carbonyl (C=O) groups excluding carboxylic acids is 2. The molecule has 2 aromatic rings. The van der Waals surface area contributed by atoms with Gasteiger partial charge in [-0.1, -0.05) is 47.5 Å². The molecule has 2 saturated heterocycles. The van der Waals surface area contributed by atoms with E-state index in [1.54, 1.807) is 12.1 Å². The monoisotopic (exact) mass is 582 g/mol. The Morgan fingerprint density at radius 3 is 2.05 bits per heavy atom. The van der Waals surface area contributed by atoms with Crippen LogP contribution in [0.1, 0.15) is 25.4 Å². The SMILES string of the molecule is C1CCOC1.O=C(CCl)NC(CO)Cc1ccc(Cl)cc1.O=C1COCC(Cc2ccc(Cl)cc2)N1.[H-].[Na+]. The number of nitrogens with one attached hydrogen (secondary N) is 2. The molecular weight excluding hydrogens is 550 g/mol. The Kier molecular flexibility index (Phi) is 18.5. The van der Waals surface area contributed by atoms with Gasteiger partial charge in [-0.2, -0.15) is 0 Å². The molecule has 2 atom stereocenters. The zero-order valence-corrected chi connectivity index (χ0v) is 25.3. The van der Waals surface area contributed by atoms with E-state index in [4.69, 9.17) is 49.4 Å². The second kappa shape index (κ2) is 20.1. The summed E-state index contributed by atoms with van der Waals surface area (Å²) in [5.74, 6) is -0.424. The molecule has 0 radical (unpaired) electrons. The van der Waals surface area contributed by atoms with Crippen LogP contribution in [-0.2, 0) is 31.9 Å². The molecule has 2 aliphatic heterocycles. The molecule has 7 nitrogen and oxygen atoms in total. The summed E-state index contributed by atoms with van der Waals surface area (Å²) < 4.78 is 10.1. The molecule has 2 heterocycles. The van der Waals surface area contributed by atoms with Gasteiger partial charge in [0.05, 0.1) is 25.3 Å². The maximum atomic E-state index is 11.1. The van der Waals surface area contributed by atoms with E-state index in [0.29, 0.717) is 18.1 Å². The van der Waals surface area contributed by atoms with Crippen LogP contribution >= 0.6 is 34.8 Å². The molecule has 2 unspecified atom stereocenters. The van der Waals surface area contributed by atoms with Crippen LogP contribution < -0.4 is 40.2 Å². The van der Waals surface area contributed by atoms with E-state index in [9.17, 15) is 9.59 Å². The first-order valence-corrected chi connectivity index (χ1v) is 13.1. The first-order valence-electron chi connectivity index (χ1n) is 11.8. The molecular formula is C26H34Cl3N2NaO5. The van der Waals surface area contributed by atoms with E-state index in [1.165, 1.54) is 12.8 Å². The molecule has 2 aliphatic rings. The molecule has 4 rings (SSSR count). The molecule has 2 aromatic carbocycles. The predicted octanol–water partition coefficient (Wildman–Crippen LogP) is 0.909. The molecule has 0 aliphatic carbocycles. The Bertz CT molecular complexity index is 914. The van der Waals surface area contributed by atoms with Gasteiger partial charge in [0.15, 0.2) is 0 Å². The summed E-state index contributed by atoms with van der Waals surface area (Å²) in [4.78, 5) is 22.1. The van der Waals surface area contributed by atoms with Crippen LogP contribution in [0.25, 0.3) is 0 Å². The minimum atomic E-state index is -0.313. The van der Waals surface area contributed by atoms with Crippen LogP contribution in [0.15, 0.2) is 48.5 Å². The number of rotatable bonds is 7. The Labute approximate surface area is 257 Å². The van der Waals surface area contributed by atoms with Crippen molar-refractivity contribution in [3.63, 3.8) is 0 Å². The minimum absolute atomic E-state index is 0. The van der Waals surface area contributed by atoms with Crippen LogP contribution in [-0.4, -0.2) is 67.9 Å². The fourth-order valence-corrected chi connectivity index (χ4v) is 3.79. The van der Waals surface area contributed by atoms with Crippen molar-refractivity contribution in [3.8, 4) is 0 Å². The average molecular weight is 584 g/mol. The molecule has 2 amide bonds. The largest absolute Gasteiger partial charge is 1.00 e. The summed E-state index contributed by atoms with van der Waals surface area (Å²) in [7, 11) is 0. The van der Waals surface area contributed by atoms with Crippen molar-refractivity contribution < 1.29 is 55.2 Å². The van der Waals surface area contributed by atoms with Crippen LogP contribution in [0.3, 0.4) is 0 Å². The minimum Gasteiger partial charge on any atom is -1.00 e. The summed E-state index contributed by atoms with van der Waals surface area (Å²) in [6, 6.07) is 14.6. The number of amides is 2. The number of hydrogen-bond acceptors (Lipinski definition) is 5. The number of hydrogen-bond donors (Lipinski definition) is 3. The molecule has 37 heavy (non-hydrogen) atoms. The molecule has 0 aromatic heterocycles. The molecule has 0 saturated carbocycles. The van der Waals surface area contributed by atoms with Gasteiger partial charge in [0.1, 0.15) is 12.5 Å². The van der Waals surface area contributed by atoms with Crippen molar-refractivity contribution in [2.45, 2.75) is 37.8 Å². The van der Waals surface area contributed by atoms with Gasteiger partial charge in [0.25, 0.3) is 0 Å². The van der Waals surface area contributed by atoms with Crippen molar-refractivity contribution in [2.24, 2.45) is 0 Å². The Balaban J connectivity index is 0.000000583. The van der Waals surface area contributed by atoms with Gasteiger partial charge in [-0.25, -0.2) is 0 Å². The zero-order valence-electron chi connectivity index (χ0n) is 22.1. The van der Waals surface area contributed by atoms with Gasteiger partial charge in [-0.15, -0.1) is 11.6 Å². The standard InChI is InChI=1S/C11H13Cl2NO2.C11H12ClNO2.C4H8O.Na.H/c12-6-11(16)14-10(7-15)5-8-1-3-9(13)4-2-8;12-9-3-1-8(2-4-9)5-10-6-15-7-11(14)13-10;1-2-4-5-3-1;;/h1-4,10,15H,5-7H2,(H,14,16);1-4,10H,5-7H2,(H,13,14);1-4H2;;/q;;;+1;-1. The normalized spacial score (nSPS) is 17.1. The van der Waals surface area contributed by atoms with Crippen molar-refractivity contribution in [1.29, 1.82) is 0 Å². The van der Waals surface area contributed by atoms with E-state index < -0.39 is 0 Å². The zero-order chi connectivity index (χ0) is 26.2. The topological polar surface area (TPSA) is 96.9 Å². The molecule has 200 valence electrons. The van der Waals surface area contributed by atoms with E-state index in [2.05, 4.69) is 10.6 Å². The summed E-state index contributed by atoms with van der Waals surface area (Å²) in [5.41, 5.74) is 2.15. The number of carbonyl (C=O) groups is 2. The first-order chi connectivity index (χ1) is 17.4. The van der Waals surface area contributed by atoms with E-state index in [1.807, 2.05) is 36.4 Å². The second-order valence-corrected chi connectivity index (χ2v) is 9.48.